The number of amides is 2. The highest BCUT2D eigenvalue weighted by Crippen LogP contribution is 2.26. The quantitative estimate of drug-likeness (QED) is 0.495. The molecule has 1 unspecified atom stereocenters. The number of halogens is 1. The molecule has 1 aliphatic heterocycles. The van der Waals surface area contributed by atoms with Gasteiger partial charge >= 0.3 is 0 Å². The van der Waals surface area contributed by atoms with Gasteiger partial charge in [0, 0.05) is 36.6 Å². The largest absolute Gasteiger partial charge is 0.370 e. The van der Waals surface area contributed by atoms with Gasteiger partial charge in [-0.2, -0.15) is 0 Å². The van der Waals surface area contributed by atoms with Gasteiger partial charge < -0.3 is 21.3 Å². The van der Waals surface area contributed by atoms with Gasteiger partial charge in [-0.3, -0.25) is 9.59 Å². The molecule has 4 N–H and O–H groups in total. The Bertz CT molecular complexity index is 1130. The lowest BCUT2D eigenvalue weighted by Crippen LogP contribution is -2.35. The van der Waals surface area contributed by atoms with Gasteiger partial charge in [0.25, 0.3) is 5.91 Å². The lowest BCUT2D eigenvalue weighted by molar-refractivity contribution is -0.119. The molecule has 0 radical (unpaired) electrons. The summed E-state index contributed by atoms with van der Waals surface area (Å²) >= 11 is 0. The van der Waals surface area contributed by atoms with Crippen LogP contribution in [0.1, 0.15) is 36.4 Å². The van der Waals surface area contributed by atoms with Crippen LogP contribution >= 0.6 is 0 Å². The summed E-state index contributed by atoms with van der Waals surface area (Å²) in [4.78, 5) is 27.2. The monoisotopic (exact) mass is 446 g/mol. The predicted octanol–water partition coefficient (Wildman–Crippen LogP) is 4.59. The molecule has 33 heavy (non-hydrogen) atoms. The molecule has 1 atom stereocenters. The number of nitrogens with zero attached hydrogens (tertiary/aromatic N) is 1. The highest BCUT2D eigenvalue weighted by Gasteiger charge is 2.23. The van der Waals surface area contributed by atoms with Crippen LogP contribution in [0.4, 0.5) is 21.5 Å². The fourth-order valence-electron chi connectivity index (χ4n) is 3.96. The second kappa shape index (κ2) is 10.3. The molecular formula is C26H27FN4O2. The van der Waals surface area contributed by atoms with Gasteiger partial charge in [-0.25, -0.2) is 4.39 Å². The van der Waals surface area contributed by atoms with Crippen LogP contribution in [0.3, 0.4) is 0 Å². The Kier molecular flexibility index (Phi) is 7.00. The standard InChI is InChI=1S/C26H27FN4O2/c27-20-7-4-6-19(16-20)25(29-22-8-3-5-18(15-22)17-28)26(33)30-21-10-12-23(13-11-21)31-14-2-1-9-24(31)32/h3-8,10-13,15-16,25,29H,1-2,9,14,17,28H2,(H,30,33). The van der Waals surface area contributed by atoms with Crippen molar-refractivity contribution in [2.75, 3.05) is 22.1 Å². The third kappa shape index (κ3) is 5.56. The topological polar surface area (TPSA) is 87.5 Å². The molecule has 7 heteroatoms. The number of nitrogens with two attached hydrogens (primary N) is 1. The maximum Gasteiger partial charge on any atom is 0.251 e. The van der Waals surface area contributed by atoms with Crippen LogP contribution in [0, 0.1) is 5.82 Å². The van der Waals surface area contributed by atoms with E-state index >= 15 is 0 Å². The van der Waals surface area contributed by atoms with Crippen LogP contribution in [-0.4, -0.2) is 18.4 Å². The summed E-state index contributed by atoms with van der Waals surface area (Å²) in [7, 11) is 0. The van der Waals surface area contributed by atoms with Crippen LogP contribution < -0.4 is 21.3 Å². The molecule has 6 nitrogen and oxygen atoms in total. The molecule has 0 aromatic heterocycles. The molecular weight excluding hydrogens is 419 g/mol. The van der Waals surface area contributed by atoms with Crippen molar-refractivity contribution in [2.45, 2.75) is 31.8 Å². The minimum absolute atomic E-state index is 0.119. The summed E-state index contributed by atoms with van der Waals surface area (Å²) in [6.45, 7) is 1.08. The number of piperidine rings is 1. The van der Waals surface area contributed by atoms with Crippen molar-refractivity contribution >= 4 is 28.9 Å². The van der Waals surface area contributed by atoms with Crippen molar-refractivity contribution in [1.82, 2.24) is 0 Å². The first kappa shape index (κ1) is 22.5. The van der Waals surface area contributed by atoms with E-state index in [9.17, 15) is 14.0 Å². The zero-order chi connectivity index (χ0) is 23.2. The van der Waals surface area contributed by atoms with Gasteiger partial charge in [-0.1, -0.05) is 24.3 Å². The summed E-state index contributed by atoms with van der Waals surface area (Å²) in [5.74, 6) is -0.632. The van der Waals surface area contributed by atoms with Crippen LogP contribution in [0.2, 0.25) is 0 Å². The van der Waals surface area contributed by atoms with E-state index in [0.29, 0.717) is 36.4 Å². The number of nitrogens with one attached hydrogen (secondary N) is 2. The molecule has 0 spiro atoms. The highest BCUT2D eigenvalue weighted by molar-refractivity contribution is 5.98. The Morgan fingerprint density at radius 3 is 2.52 bits per heavy atom. The second-order valence-corrected chi connectivity index (χ2v) is 8.08. The average Bonchev–Trinajstić information content (AvgIpc) is 2.83. The lowest BCUT2D eigenvalue weighted by Gasteiger charge is -2.27. The predicted molar refractivity (Wildman–Crippen MR) is 128 cm³/mol. The van der Waals surface area contributed by atoms with E-state index in [1.165, 1.54) is 12.1 Å². The molecule has 0 bridgehead atoms. The van der Waals surface area contributed by atoms with E-state index < -0.39 is 11.9 Å². The van der Waals surface area contributed by atoms with Crippen LogP contribution in [0.25, 0.3) is 0 Å². The van der Waals surface area contributed by atoms with E-state index in [-0.39, 0.29) is 11.8 Å². The summed E-state index contributed by atoms with van der Waals surface area (Å²) in [6.07, 6.45) is 2.47. The normalized spacial score (nSPS) is 14.6. The Hall–Kier alpha value is -3.71. The first-order chi connectivity index (χ1) is 16.0. The van der Waals surface area contributed by atoms with Crippen molar-refractivity contribution in [3.63, 3.8) is 0 Å². The smallest absolute Gasteiger partial charge is 0.251 e. The first-order valence-corrected chi connectivity index (χ1v) is 11.1. The summed E-state index contributed by atoms with van der Waals surface area (Å²) < 4.78 is 13.9. The van der Waals surface area contributed by atoms with Gasteiger partial charge in [0.05, 0.1) is 0 Å². The lowest BCUT2D eigenvalue weighted by atomic mass is 10.0. The van der Waals surface area contributed by atoms with Crippen molar-refractivity contribution in [1.29, 1.82) is 0 Å². The maximum atomic E-state index is 13.9. The molecule has 4 rings (SSSR count). The minimum Gasteiger partial charge on any atom is -0.370 e. The van der Waals surface area contributed by atoms with E-state index in [1.807, 2.05) is 36.4 Å². The molecule has 1 fully saturated rings. The second-order valence-electron chi connectivity index (χ2n) is 8.08. The van der Waals surface area contributed by atoms with Crippen molar-refractivity contribution in [2.24, 2.45) is 5.73 Å². The molecule has 1 aliphatic rings. The Balaban J connectivity index is 1.54. The number of benzene rings is 3. The number of anilines is 3. The number of carbonyl (C=O) groups excluding carboxylic acids is 2. The molecule has 3 aromatic carbocycles. The van der Waals surface area contributed by atoms with Crippen molar-refractivity contribution < 1.29 is 14.0 Å². The Morgan fingerprint density at radius 2 is 1.79 bits per heavy atom. The van der Waals surface area contributed by atoms with E-state index in [1.54, 1.807) is 29.2 Å². The van der Waals surface area contributed by atoms with Crippen molar-refractivity contribution in [3.8, 4) is 0 Å². The zero-order valence-corrected chi connectivity index (χ0v) is 18.3. The van der Waals surface area contributed by atoms with E-state index in [2.05, 4.69) is 10.6 Å². The molecule has 1 heterocycles. The summed E-state index contributed by atoms with van der Waals surface area (Å²) in [5, 5.41) is 6.10. The zero-order valence-electron chi connectivity index (χ0n) is 18.3. The number of hydrogen-bond donors (Lipinski definition) is 3. The molecule has 3 aromatic rings. The van der Waals surface area contributed by atoms with Crippen LogP contribution in [0.15, 0.2) is 72.8 Å². The van der Waals surface area contributed by atoms with Gasteiger partial charge in [-0.15, -0.1) is 0 Å². The van der Waals surface area contributed by atoms with Gasteiger partial charge in [0.1, 0.15) is 11.9 Å². The third-order valence-electron chi connectivity index (χ3n) is 5.69. The van der Waals surface area contributed by atoms with Gasteiger partial charge in [-0.05, 0) is 72.5 Å². The fraction of sp³-hybridized carbons (Fsp3) is 0.231. The van der Waals surface area contributed by atoms with Crippen molar-refractivity contribution in [3.05, 3.63) is 89.7 Å². The number of carbonyl (C=O) groups is 2. The molecule has 0 aliphatic carbocycles. The van der Waals surface area contributed by atoms with E-state index in [4.69, 9.17) is 5.73 Å². The number of rotatable bonds is 7. The Labute approximate surface area is 192 Å². The average molecular weight is 447 g/mol. The first-order valence-electron chi connectivity index (χ1n) is 11.1. The summed E-state index contributed by atoms with van der Waals surface area (Å²) in [6, 6.07) is 19.8. The Morgan fingerprint density at radius 1 is 1.00 bits per heavy atom. The molecule has 0 saturated carbocycles. The van der Waals surface area contributed by atoms with Gasteiger partial charge in [0.15, 0.2) is 0 Å². The van der Waals surface area contributed by atoms with Gasteiger partial charge in [0.2, 0.25) is 5.91 Å². The van der Waals surface area contributed by atoms with Crippen LogP contribution in [0.5, 0.6) is 0 Å². The SMILES string of the molecule is NCc1cccc(NC(C(=O)Nc2ccc(N3CCCCC3=O)cc2)c2cccc(F)c2)c1. The molecule has 1 saturated heterocycles. The third-order valence-corrected chi connectivity index (χ3v) is 5.69. The maximum absolute atomic E-state index is 13.9. The van der Waals surface area contributed by atoms with Crippen LogP contribution in [-0.2, 0) is 16.1 Å². The highest BCUT2D eigenvalue weighted by atomic mass is 19.1. The van der Waals surface area contributed by atoms with E-state index in [0.717, 1.165) is 24.1 Å². The fourth-order valence-corrected chi connectivity index (χ4v) is 3.96. The molecule has 2 amide bonds. The summed E-state index contributed by atoms with van der Waals surface area (Å²) in [5.41, 5.74) is 9.27. The molecule has 170 valence electrons. The minimum atomic E-state index is -0.822. The number of hydrogen-bond acceptors (Lipinski definition) is 4.